The molecule has 0 aliphatic heterocycles. The van der Waals surface area contributed by atoms with Gasteiger partial charge in [-0.1, -0.05) is 23.7 Å². The van der Waals surface area contributed by atoms with Crippen molar-refractivity contribution in [3.8, 4) is 5.75 Å². The standard InChI is InChI=1S/C11H14ClN3O2S/c1-7(10(16)14-15-11(18)13-2)17-9-6-4-3-5-8(9)12/h3-7H,1-2H3,(H,14,16)(H2,13,15,18)/t7-/m1/s1. The minimum absolute atomic E-state index is 0.313. The molecule has 5 nitrogen and oxygen atoms in total. The molecule has 0 spiro atoms. The summed E-state index contributed by atoms with van der Waals surface area (Å²) in [6.45, 7) is 1.61. The number of thiocarbonyl (C=S) groups is 1. The van der Waals surface area contributed by atoms with Crippen molar-refractivity contribution in [2.45, 2.75) is 13.0 Å². The highest BCUT2D eigenvalue weighted by Gasteiger charge is 2.15. The maximum Gasteiger partial charge on any atom is 0.279 e. The Bertz CT molecular complexity index is 442. The second-order valence-corrected chi connectivity index (χ2v) is 4.20. The van der Waals surface area contributed by atoms with Crippen molar-refractivity contribution < 1.29 is 9.53 Å². The van der Waals surface area contributed by atoms with E-state index in [0.717, 1.165) is 0 Å². The van der Waals surface area contributed by atoms with E-state index in [2.05, 4.69) is 16.2 Å². The summed E-state index contributed by atoms with van der Waals surface area (Å²) < 4.78 is 5.43. The zero-order chi connectivity index (χ0) is 13.5. The number of benzene rings is 1. The van der Waals surface area contributed by atoms with Crippen molar-refractivity contribution in [2.24, 2.45) is 0 Å². The molecule has 1 aromatic carbocycles. The molecule has 0 fully saturated rings. The van der Waals surface area contributed by atoms with Crippen LogP contribution >= 0.6 is 23.8 Å². The molecule has 0 aromatic heterocycles. The number of para-hydroxylation sites is 1. The van der Waals surface area contributed by atoms with Crippen LogP contribution < -0.4 is 20.9 Å². The second kappa shape index (κ2) is 7.03. The molecule has 0 saturated heterocycles. The Morgan fingerprint density at radius 1 is 1.39 bits per heavy atom. The quantitative estimate of drug-likeness (QED) is 0.577. The van der Waals surface area contributed by atoms with Crippen LogP contribution in [0.4, 0.5) is 0 Å². The normalized spacial score (nSPS) is 11.3. The van der Waals surface area contributed by atoms with E-state index in [1.54, 1.807) is 38.2 Å². The van der Waals surface area contributed by atoms with E-state index in [1.165, 1.54) is 0 Å². The van der Waals surface area contributed by atoms with Gasteiger partial charge in [-0.3, -0.25) is 15.6 Å². The van der Waals surface area contributed by atoms with E-state index in [-0.39, 0.29) is 5.91 Å². The van der Waals surface area contributed by atoms with Gasteiger partial charge < -0.3 is 10.1 Å². The summed E-state index contributed by atoms with van der Waals surface area (Å²) in [5.41, 5.74) is 4.93. The molecule has 1 aromatic rings. The molecule has 0 saturated carbocycles. The van der Waals surface area contributed by atoms with Gasteiger partial charge in [0.15, 0.2) is 11.2 Å². The molecule has 98 valence electrons. The number of rotatable bonds is 3. The molecule has 0 aliphatic carbocycles. The molecule has 18 heavy (non-hydrogen) atoms. The van der Waals surface area contributed by atoms with Crippen molar-refractivity contribution in [3.63, 3.8) is 0 Å². The fourth-order valence-corrected chi connectivity index (χ4v) is 1.30. The van der Waals surface area contributed by atoms with Gasteiger partial charge >= 0.3 is 0 Å². The topological polar surface area (TPSA) is 62.4 Å². The summed E-state index contributed by atoms with van der Waals surface area (Å²) in [5, 5.41) is 3.43. The molecule has 1 rings (SSSR count). The average molecular weight is 288 g/mol. The summed E-state index contributed by atoms with van der Waals surface area (Å²) in [6.07, 6.45) is -0.697. The fraction of sp³-hybridized carbons (Fsp3) is 0.273. The van der Waals surface area contributed by atoms with Gasteiger partial charge in [0.2, 0.25) is 0 Å². The predicted molar refractivity (Wildman–Crippen MR) is 74.5 cm³/mol. The molecular weight excluding hydrogens is 274 g/mol. The highest BCUT2D eigenvalue weighted by Crippen LogP contribution is 2.24. The first-order chi connectivity index (χ1) is 8.54. The van der Waals surface area contributed by atoms with Crippen LogP contribution in [0.5, 0.6) is 5.75 Å². The predicted octanol–water partition coefficient (Wildman–Crippen LogP) is 1.23. The first-order valence-electron chi connectivity index (χ1n) is 5.23. The van der Waals surface area contributed by atoms with Crippen LogP contribution in [0, 0.1) is 0 Å². The number of hydrazine groups is 1. The average Bonchev–Trinajstić information content (AvgIpc) is 2.38. The first kappa shape index (κ1) is 14.5. The minimum atomic E-state index is -0.697. The Kier molecular flexibility index (Phi) is 5.67. The number of hydrogen-bond acceptors (Lipinski definition) is 3. The summed E-state index contributed by atoms with van der Waals surface area (Å²) in [4.78, 5) is 11.6. The van der Waals surface area contributed by atoms with Crippen LogP contribution in [-0.2, 0) is 4.79 Å². The maximum atomic E-state index is 11.6. The van der Waals surface area contributed by atoms with Crippen molar-refractivity contribution in [3.05, 3.63) is 29.3 Å². The van der Waals surface area contributed by atoms with Crippen LogP contribution in [0.15, 0.2) is 24.3 Å². The second-order valence-electron chi connectivity index (χ2n) is 3.38. The van der Waals surface area contributed by atoms with E-state index >= 15 is 0 Å². The van der Waals surface area contributed by atoms with Gasteiger partial charge in [0.05, 0.1) is 5.02 Å². The van der Waals surface area contributed by atoms with Crippen molar-refractivity contribution in [2.75, 3.05) is 7.05 Å². The van der Waals surface area contributed by atoms with Gasteiger partial charge in [-0.15, -0.1) is 0 Å². The van der Waals surface area contributed by atoms with Gasteiger partial charge in [0.25, 0.3) is 5.91 Å². The van der Waals surface area contributed by atoms with Crippen LogP contribution in [0.1, 0.15) is 6.92 Å². The minimum Gasteiger partial charge on any atom is -0.479 e. The lowest BCUT2D eigenvalue weighted by Gasteiger charge is -2.16. The van der Waals surface area contributed by atoms with E-state index in [1.807, 2.05) is 0 Å². The Morgan fingerprint density at radius 2 is 2.06 bits per heavy atom. The van der Waals surface area contributed by atoms with Gasteiger partial charge in [-0.25, -0.2) is 0 Å². The first-order valence-corrected chi connectivity index (χ1v) is 6.02. The van der Waals surface area contributed by atoms with E-state index in [4.69, 9.17) is 28.6 Å². The third-order valence-electron chi connectivity index (χ3n) is 2.04. The number of nitrogens with one attached hydrogen (secondary N) is 3. The smallest absolute Gasteiger partial charge is 0.279 e. The lowest BCUT2D eigenvalue weighted by Crippen LogP contribution is -2.49. The zero-order valence-corrected chi connectivity index (χ0v) is 11.6. The Balaban J connectivity index is 2.50. The third-order valence-corrected chi connectivity index (χ3v) is 2.65. The van der Waals surface area contributed by atoms with Crippen molar-refractivity contribution in [1.29, 1.82) is 0 Å². The number of hydrogen-bond donors (Lipinski definition) is 3. The number of ether oxygens (including phenoxy) is 1. The van der Waals surface area contributed by atoms with Gasteiger partial charge in [-0.2, -0.15) is 0 Å². The molecule has 0 heterocycles. The molecule has 1 atom stereocenters. The summed E-state index contributed by atoms with van der Waals surface area (Å²) in [7, 11) is 1.64. The summed E-state index contributed by atoms with van der Waals surface area (Å²) in [5.74, 6) is 0.102. The Labute approximate surface area is 116 Å². The molecule has 3 N–H and O–H groups in total. The van der Waals surface area contributed by atoms with Crippen LogP contribution in [0.3, 0.4) is 0 Å². The molecule has 7 heteroatoms. The number of amides is 1. The highest BCUT2D eigenvalue weighted by molar-refractivity contribution is 7.80. The number of halogens is 1. The maximum absolute atomic E-state index is 11.6. The molecule has 0 bridgehead atoms. The van der Waals surface area contributed by atoms with Crippen LogP contribution in [0.2, 0.25) is 5.02 Å². The number of carbonyl (C=O) groups excluding carboxylic acids is 1. The monoisotopic (exact) mass is 287 g/mol. The number of carbonyl (C=O) groups is 1. The lowest BCUT2D eigenvalue weighted by molar-refractivity contribution is -0.127. The Morgan fingerprint density at radius 3 is 2.67 bits per heavy atom. The van der Waals surface area contributed by atoms with Crippen molar-refractivity contribution in [1.82, 2.24) is 16.2 Å². The summed E-state index contributed by atoms with van der Waals surface area (Å²) >= 11 is 10.7. The molecule has 0 aliphatic rings. The van der Waals surface area contributed by atoms with E-state index in [0.29, 0.717) is 15.9 Å². The molecule has 1 amide bonds. The fourth-order valence-electron chi connectivity index (χ4n) is 1.07. The largest absolute Gasteiger partial charge is 0.479 e. The van der Waals surface area contributed by atoms with Crippen LogP contribution in [0.25, 0.3) is 0 Å². The van der Waals surface area contributed by atoms with E-state index < -0.39 is 6.10 Å². The zero-order valence-electron chi connectivity index (χ0n) is 9.99. The van der Waals surface area contributed by atoms with Gasteiger partial charge in [0.1, 0.15) is 5.75 Å². The highest BCUT2D eigenvalue weighted by atomic mass is 35.5. The van der Waals surface area contributed by atoms with Crippen molar-refractivity contribution >= 4 is 34.8 Å². The molecule has 0 unspecified atom stereocenters. The van der Waals surface area contributed by atoms with Crippen LogP contribution in [-0.4, -0.2) is 24.2 Å². The Hall–Kier alpha value is -1.53. The van der Waals surface area contributed by atoms with Gasteiger partial charge in [-0.05, 0) is 31.3 Å². The summed E-state index contributed by atoms with van der Waals surface area (Å²) in [6, 6.07) is 6.95. The lowest BCUT2D eigenvalue weighted by atomic mass is 10.3. The third kappa shape index (κ3) is 4.38. The van der Waals surface area contributed by atoms with Gasteiger partial charge in [0, 0.05) is 7.05 Å². The SMILES string of the molecule is CNC(=S)NNC(=O)[C@@H](C)Oc1ccccc1Cl. The molecular formula is C11H14ClN3O2S. The molecule has 0 radical (unpaired) electrons. The van der Waals surface area contributed by atoms with E-state index in [9.17, 15) is 4.79 Å².